The van der Waals surface area contributed by atoms with Crippen LogP contribution in [0.15, 0.2) is 17.6 Å². The Morgan fingerprint density at radius 1 is 2.00 bits per heavy atom. The minimum atomic E-state index is 0.0463. The van der Waals surface area contributed by atoms with Gasteiger partial charge in [-0.1, -0.05) is 6.08 Å². The summed E-state index contributed by atoms with van der Waals surface area (Å²) >= 11 is 0. The fourth-order valence-corrected chi connectivity index (χ4v) is 0.384. The van der Waals surface area contributed by atoms with Crippen LogP contribution in [-0.2, 0) is 4.79 Å². The zero-order valence-electron chi connectivity index (χ0n) is 4.92. The van der Waals surface area contributed by atoms with Crippen molar-refractivity contribution in [3.8, 4) is 0 Å². The summed E-state index contributed by atoms with van der Waals surface area (Å²) in [6.45, 7) is 5.33. The van der Waals surface area contributed by atoms with Crippen LogP contribution in [0.5, 0.6) is 0 Å². The predicted octanol–water partition coefficient (Wildman–Crippen LogP) is 1.29. The first-order valence-corrected chi connectivity index (χ1v) is 2.49. The molecular weight excluding hydrogens is 102 g/mol. The molecule has 8 heavy (non-hydrogen) atoms. The maximum absolute atomic E-state index is 9.56. The molecule has 0 heterocycles. The molecule has 0 spiro atoms. The molecule has 1 atom stereocenters. The average Bonchev–Trinajstić information content (AvgIpc) is 1.68. The van der Waals surface area contributed by atoms with E-state index in [4.69, 9.17) is 0 Å². The number of aliphatic imine (C=N–C) groups is 1. The van der Waals surface area contributed by atoms with E-state index < -0.39 is 0 Å². The third kappa shape index (κ3) is 3.32. The lowest BCUT2D eigenvalue weighted by Gasteiger charge is -1.93. The quantitative estimate of drug-likeness (QED) is 0.306. The van der Waals surface area contributed by atoms with Crippen molar-refractivity contribution < 1.29 is 4.79 Å². The fraction of sp³-hybridized carbons (Fsp3) is 0.500. The molecule has 0 aliphatic carbocycles. The van der Waals surface area contributed by atoms with Crippen LogP contribution >= 0.6 is 0 Å². The van der Waals surface area contributed by atoms with E-state index in [9.17, 15) is 4.79 Å². The van der Waals surface area contributed by atoms with Crippen LogP contribution in [0.4, 0.5) is 0 Å². The summed E-state index contributed by atoms with van der Waals surface area (Å²) in [5, 5.41) is 0. The Hall–Kier alpha value is -0.880. The summed E-state index contributed by atoms with van der Waals surface area (Å²) in [4.78, 5) is 13.0. The van der Waals surface area contributed by atoms with E-state index in [-0.39, 0.29) is 6.04 Å². The van der Waals surface area contributed by atoms with Crippen LogP contribution < -0.4 is 0 Å². The molecule has 0 aromatic carbocycles. The molecule has 0 aromatic heterocycles. The molecule has 0 unspecified atom stereocenters. The van der Waals surface area contributed by atoms with Gasteiger partial charge in [-0.15, -0.1) is 6.58 Å². The van der Waals surface area contributed by atoms with Crippen molar-refractivity contribution in [3.63, 3.8) is 0 Å². The number of isocyanates is 1. The summed E-state index contributed by atoms with van der Waals surface area (Å²) in [5.41, 5.74) is 0. The lowest BCUT2D eigenvalue weighted by atomic mass is 10.2. The maximum Gasteiger partial charge on any atom is 0.235 e. The van der Waals surface area contributed by atoms with Gasteiger partial charge in [-0.2, -0.15) is 0 Å². The smallest absolute Gasteiger partial charge is 0.211 e. The van der Waals surface area contributed by atoms with Crippen LogP contribution in [0.3, 0.4) is 0 Å². The van der Waals surface area contributed by atoms with Gasteiger partial charge in [0.2, 0.25) is 6.08 Å². The van der Waals surface area contributed by atoms with Crippen molar-refractivity contribution in [3.05, 3.63) is 12.7 Å². The summed E-state index contributed by atoms with van der Waals surface area (Å²) in [6.07, 6.45) is 3.95. The molecule has 2 nitrogen and oxygen atoms in total. The van der Waals surface area contributed by atoms with E-state index in [0.717, 1.165) is 6.42 Å². The molecule has 0 radical (unpaired) electrons. The van der Waals surface area contributed by atoms with Crippen molar-refractivity contribution in [2.24, 2.45) is 4.99 Å². The van der Waals surface area contributed by atoms with Gasteiger partial charge < -0.3 is 0 Å². The fourth-order valence-electron chi connectivity index (χ4n) is 0.384. The van der Waals surface area contributed by atoms with Gasteiger partial charge in [0.25, 0.3) is 0 Å². The molecule has 44 valence electrons. The van der Waals surface area contributed by atoms with E-state index in [2.05, 4.69) is 11.6 Å². The first-order valence-electron chi connectivity index (χ1n) is 2.49. The first kappa shape index (κ1) is 7.12. The van der Waals surface area contributed by atoms with Gasteiger partial charge in [0, 0.05) is 0 Å². The molecule has 0 N–H and O–H groups in total. The third-order valence-corrected chi connectivity index (χ3v) is 0.781. The molecule has 0 fully saturated rings. The molecule has 0 saturated heterocycles. The normalized spacial score (nSPS) is 11.6. The Bertz CT molecular complexity index is 114. The highest BCUT2D eigenvalue weighted by Gasteiger charge is 1.90. The van der Waals surface area contributed by atoms with Crippen LogP contribution in [0.25, 0.3) is 0 Å². The van der Waals surface area contributed by atoms with Crippen LogP contribution in [0.2, 0.25) is 0 Å². The second kappa shape index (κ2) is 4.28. The number of nitrogens with zero attached hydrogens (tertiary/aromatic N) is 1. The van der Waals surface area contributed by atoms with Crippen LogP contribution in [0, 0.1) is 0 Å². The molecule has 0 saturated carbocycles. The van der Waals surface area contributed by atoms with Crippen molar-refractivity contribution in [1.82, 2.24) is 0 Å². The Labute approximate surface area is 48.9 Å². The van der Waals surface area contributed by atoms with E-state index >= 15 is 0 Å². The van der Waals surface area contributed by atoms with Crippen LogP contribution in [-0.4, -0.2) is 12.1 Å². The number of hydrogen-bond donors (Lipinski definition) is 0. The number of hydrogen-bond acceptors (Lipinski definition) is 2. The molecule has 0 rings (SSSR count). The zero-order valence-corrected chi connectivity index (χ0v) is 4.92. The molecule has 2 heteroatoms. The maximum atomic E-state index is 9.56. The summed E-state index contributed by atoms with van der Waals surface area (Å²) < 4.78 is 0. The van der Waals surface area contributed by atoms with Gasteiger partial charge in [0.15, 0.2) is 0 Å². The van der Waals surface area contributed by atoms with Gasteiger partial charge in [-0.25, -0.2) is 9.79 Å². The monoisotopic (exact) mass is 111 g/mol. The van der Waals surface area contributed by atoms with Gasteiger partial charge in [-0.05, 0) is 13.3 Å². The topological polar surface area (TPSA) is 29.4 Å². The highest BCUT2D eigenvalue weighted by molar-refractivity contribution is 5.33. The Kier molecular flexibility index (Phi) is 3.81. The van der Waals surface area contributed by atoms with Gasteiger partial charge in [-0.3, -0.25) is 0 Å². The Morgan fingerprint density at radius 2 is 2.62 bits per heavy atom. The standard InChI is InChI=1S/C6H9NO/c1-3-4-6(2)7-5-8/h3,6H,1,4H2,2H3/t6-/m1/s1. The van der Waals surface area contributed by atoms with Crippen molar-refractivity contribution >= 4 is 6.08 Å². The minimum Gasteiger partial charge on any atom is -0.211 e. The average molecular weight is 111 g/mol. The lowest BCUT2D eigenvalue weighted by Crippen LogP contribution is -1.92. The Morgan fingerprint density at radius 3 is 3.00 bits per heavy atom. The summed E-state index contributed by atoms with van der Waals surface area (Å²) in [5.74, 6) is 0. The molecule has 0 amide bonds. The zero-order chi connectivity index (χ0) is 6.41. The van der Waals surface area contributed by atoms with Crippen LogP contribution in [0.1, 0.15) is 13.3 Å². The van der Waals surface area contributed by atoms with Crippen molar-refractivity contribution in [1.29, 1.82) is 0 Å². The van der Waals surface area contributed by atoms with E-state index in [1.807, 2.05) is 6.92 Å². The van der Waals surface area contributed by atoms with Crippen molar-refractivity contribution in [2.75, 3.05) is 0 Å². The highest BCUT2D eigenvalue weighted by atomic mass is 16.1. The summed E-state index contributed by atoms with van der Waals surface area (Å²) in [7, 11) is 0. The van der Waals surface area contributed by atoms with E-state index in [1.54, 1.807) is 6.08 Å². The molecule has 0 aliphatic heterocycles. The first-order chi connectivity index (χ1) is 3.81. The predicted molar refractivity (Wildman–Crippen MR) is 32.4 cm³/mol. The largest absolute Gasteiger partial charge is 0.235 e. The highest BCUT2D eigenvalue weighted by Crippen LogP contribution is 1.93. The van der Waals surface area contributed by atoms with E-state index in [1.165, 1.54) is 6.08 Å². The van der Waals surface area contributed by atoms with Gasteiger partial charge in [0.05, 0.1) is 6.04 Å². The number of carbonyl (C=O) groups excluding carboxylic acids is 1. The molecule has 0 aromatic rings. The van der Waals surface area contributed by atoms with Gasteiger partial charge >= 0.3 is 0 Å². The SMILES string of the molecule is C=CC[C@@H](C)N=C=O. The Balaban J connectivity index is 3.46. The third-order valence-electron chi connectivity index (χ3n) is 0.781. The van der Waals surface area contributed by atoms with E-state index in [0.29, 0.717) is 0 Å². The summed E-state index contributed by atoms with van der Waals surface area (Å²) in [6, 6.07) is 0.0463. The molecule has 0 bridgehead atoms. The molecule has 0 aliphatic rings. The molecular formula is C6H9NO. The minimum absolute atomic E-state index is 0.0463. The lowest BCUT2D eigenvalue weighted by molar-refractivity contribution is 0.558. The van der Waals surface area contributed by atoms with Crippen molar-refractivity contribution in [2.45, 2.75) is 19.4 Å². The second-order valence-corrected chi connectivity index (χ2v) is 1.59. The second-order valence-electron chi connectivity index (χ2n) is 1.59. The van der Waals surface area contributed by atoms with Gasteiger partial charge in [0.1, 0.15) is 0 Å². The number of rotatable bonds is 3.